The molecule has 152 valence electrons. The summed E-state index contributed by atoms with van der Waals surface area (Å²) in [6.07, 6.45) is 4.64. The number of ketones is 1. The first-order chi connectivity index (χ1) is 13.9. The second kappa shape index (κ2) is 8.89. The fourth-order valence-electron chi connectivity index (χ4n) is 2.92. The number of hydrogen-bond acceptors (Lipinski definition) is 3. The number of nitrogens with zero attached hydrogens (tertiary/aromatic N) is 2. The minimum Gasteiger partial charge on any atom is -0.289 e. The first kappa shape index (κ1) is 20.6. The summed E-state index contributed by atoms with van der Waals surface area (Å²) in [5.74, 6) is -3.67. The maximum Gasteiger partial charge on any atom is 0.218 e. The summed E-state index contributed by atoms with van der Waals surface area (Å²) in [7, 11) is 0. The molecular formula is C21H18F4N2O2. The van der Waals surface area contributed by atoms with Gasteiger partial charge in [-0.1, -0.05) is 13.0 Å². The van der Waals surface area contributed by atoms with E-state index in [-0.39, 0.29) is 23.0 Å². The molecule has 0 aliphatic rings. The van der Waals surface area contributed by atoms with Crippen LogP contribution < -0.4 is 0 Å². The van der Waals surface area contributed by atoms with Gasteiger partial charge >= 0.3 is 0 Å². The summed E-state index contributed by atoms with van der Waals surface area (Å²) in [6, 6.07) is 6.05. The fraction of sp³-hybridized carbons (Fsp3) is 0.238. The van der Waals surface area contributed by atoms with E-state index in [1.165, 1.54) is 22.9 Å². The van der Waals surface area contributed by atoms with E-state index >= 15 is 0 Å². The zero-order valence-corrected chi connectivity index (χ0v) is 15.5. The van der Waals surface area contributed by atoms with Crippen molar-refractivity contribution in [1.29, 1.82) is 0 Å². The Balaban J connectivity index is 1.62. The minimum absolute atomic E-state index is 0.0551. The fourth-order valence-corrected chi connectivity index (χ4v) is 2.92. The highest BCUT2D eigenvalue weighted by Gasteiger charge is 2.22. The summed E-state index contributed by atoms with van der Waals surface area (Å²) in [5.41, 5.74) is 0.194. The highest BCUT2D eigenvalue weighted by Crippen LogP contribution is 2.29. The van der Waals surface area contributed by atoms with Gasteiger partial charge < -0.3 is 0 Å². The van der Waals surface area contributed by atoms with E-state index in [1.807, 2.05) is 6.92 Å². The van der Waals surface area contributed by atoms with Crippen molar-refractivity contribution in [3.8, 4) is 11.4 Å². The monoisotopic (exact) mass is 406 g/mol. The number of halogens is 4. The molecule has 0 N–H and O–H groups in total. The van der Waals surface area contributed by atoms with Gasteiger partial charge in [0.1, 0.15) is 11.6 Å². The van der Waals surface area contributed by atoms with E-state index in [0.29, 0.717) is 19.3 Å². The standard InChI is InChI=1S/C21H18F4N2O2/c1-2-15(27-21(26-29-27)16-9-8-14(22)12-18(16)24)5-3-4-6-20(28)13-7-10-17(23)19(25)11-13/h4,6-12,15H,2-3,5H2,1H3/b6-4+/t15-/m1/s1. The van der Waals surface area contributed by atoms with Crippen LogP contribution in [-0.2, 0) is 0 Å². The average Bonchev–Trinajstić information content (AvgIpc) is 2.67. The van der Waals surface area contributed by atoms with Gasteiger partial charge in [0, 0.05) is 11.6 Å². The largest absolute Gasteiger partial charge is 0.289 e. The molecule has 0 radical (unpaired) electrons. The van der Waals surface area contributed by atoms with Crippen LogP contribution in [0.2, 0.25) is 0 Å². The quantitative estimate of drug-likeness (QED) is 0.267. The van der Waals surface area contributed by atoms with Crippen LogP contribution in [0.3, 0.4) is 0 Å². The third-order valence-corrected chi connectivity index (χ3v) is 4.54. The van der Waals surface area contributed by atoms with Crippen molar-refractivity contribution in [1.82, 2.24) is 9.90 Å². The Morgan fingerprint density at radius 1 is 1.10 bits per heavy atom. The average molecular weight is 406 g/mol. The minimum atomic E-state index is -1.08. The Morgan fingerprint density at radius 2 is 1.90 bits per heavy atom. The first-order valence-corrected chi connectivity index (χ1v) is 9.06. The van der Waals surface area contributed by atoms with E-state index in [9.17, 15) is 22.4 Å². The van der Waals surface area contributed by atoms with Gasteiger partial charge in [0.05, 0.1) is 11.6 Å². The van der Waals surface area contributed by atoms with Crippen LogP contribution in [-0.4, -0.2) is 15.7 Å². The molecule has 29 heavy (non-hydrogen) atoms. The number of aromatic nitrogens is 2. The molecule has 3 aromatic rings. The zero-order chi connectivity index (χ0) is 21.0. The molecule has 0 spiro atoms. The highest BCUT2D eigenvalue weighted by molar-refractivity contribution is 6.04. The molecule has 1 aromatic heterocycles. The topological polar surface area (TPSA) is 48.0 Å². The van der Waals surface area contributed by atoms with Crippen molar-refractivity contribution in [2.24, 2.45) is 0 Å². The summed E-state index contributed by atoms with van der Waals surface area (Å²) in [6.45, 7) is 1.92. The normalized spacial score (nSPS) is 12.6. The van der Waals surface area contributed by atoms with Gasteiger partial charge in [0.25, 0.3) is 0 Å². The molecule has 3 rings (SSSR count). The van der Waals surface area contributed by atoms with Gasteiger partial charge in [-0.15, -0.1) is 0 Å². The van der Waals surface area contributed by atoms with E-state index in [0.717, 1.165) is 24.3 Å². The van der Waals surface area contributed by atoms with Crippen LogP contribution in [0.4, 0.5) is 17.6 Å². The number of carbonyl (C=O) groups is 1. The van der Waals surface area contributed by atoms with Gasteiger partial charge in [-0.2, -0.15) is 4.74 Å². The number of benzene rings is 2. The molecule has 0 saturated heterocycles. The van der Waals surface area contributed by atoms with Crippen LogP contribution in [0, 0.1) is 23.3 Å². The lowest BCUT2D eigenvalue weighted by Gasteiger charge is -2.21. The molecule has 1 heterocycles. The number of hydrogen-bond donors (Lipinski definition) is 0. The van der Waals surface area contributed by atoms with Crippen molar-refractivity contribution in [3.63, 3.8) is 0 Å². The lowest BCUT2D eigenvalue weighted by Crippen LogP contribution is -2.17. The van der Waals surface area contributed by atoms with Crippen molar-refractivity contribution >= 4 is 5.78 Å². The Morgan fingerprint density at radius 3 is 2.52 bits per heavy atom. The van der Waals surface area contributed by atoms with Gasteiger partial charge in [-0.05, 0) is 60.8 Å². The maximum atomic E-state index is 14.0. The predicted octanol–water partition coefficient (Wildman–Crippen LogP) is 5.87. The van der Waals surface area contributed by atoms with Crippen molar-refractivity contribution in [2.45, 2.75) is 32.2 Å². The molecule has 0 aliphatic heterocycles. The summed E-state index contributed by atoms with van der Waals surface area (Å²) >= 11 is 0. The zero-order valence-electron chi connectivity index (χ0n) is 15.5. The van der Waals surface area contributed by atoms with Gasteiger partial charge in [0.2, 0.25) is 5.82 Å². The molecule has 1 atom stereocenters. The maximum absolute atomic E-state index is 14.0. The van der Waals surface area contributed by atoms with Gasteiger partial charge in [0.15, 0.2) is 17.4 Å². The molecule has 2 aromatic carbocycles. The van der Waals surface area contributed by atoms with E-state index in [1.54, 1.807) is 6.08 Å². The van der Waals surface area contributed by atoms with Crippen LogP contribution in [0.25, 0.3) is 11.4 Å². The molecular weight excluding hydrogens is 388 g/mol. The van der Waals surface area contributed by atoms with E-state index in [4.69, 9.17) is 4.63 Å². The molecule has 0 saturated carbocycles. The Bertz CT molecular complexity index is 1040. The summed E-state index contributed by atoms with van der Waals surface area (Å²) in [5, 5.41) is 3.73. The van der Waals surface area contributed by atoms with Crippen molar-refractivity contribution in [3.05, 3.63) is 77.4 Å². The van der Waals surface area contributed by atoms with Gasteiger partial charge in [-0.3, -0.25) is 9.42 Å². The number of rotatable bonds is 8. The number of allylic oxidation sites excluding steroid dienone is 2. The Kier molecular flexibility index (Phi) is 6.31. The highest BCUT2D eigenvalue weighted by atomic mass is 19.2. The van der Waals surface area contributed by atoms with Crippen molar-refractivity contribution in [2.75, 3.05) is 0 Å². The van der Waals surface area contributed by atoms with Gasteiger partial charge in [-0.25, -0.2) is 17.6 Å². The van der Waals surface area contributed by atoms with Crippen LogP contribution in [0.15, 0.2) is 53.2 Å². The summed E-state index contributed by atoms with van der Waals surface area (Å²) < 4.78 is 59.8. The molecule has 0 bridgehead atoms. The van der Waals surface area contributed by atoms with Crippen LogP contribution in [0.5, 0.6) is 0 Å². The van der Waals surface area contributed by atoms with E-state index in [2.05, 4.69) is 5.16 Å². The molecule has 0 aliphatic carbocycles. The second-order valence-electron chi connectivity index (χ2n) is 6.48. The number of carbonyl (C=O) groups excluding carboxylic acids is 1. The van der Waals surface area contributed by atoms with Crippen LogP contribution in [0.1, 0.15) is 42.6 Å². The second-order valence-corrected chi connectivity index (χ2v) is 6.48. The predicted molar refractivity (Wildman–Crippen MR) is 98.2 cm³/mol. The molecule has 4 nitrogen and oxygen atoms in total. The lowest BCUT2D eigenvalue weighted by molar-refractivity contribution is 0.0848. The smallest absolute Gasteiger partial charge is 0.218 e. The Hall–Kier alpha value is -3.16. The SMILES string of the molecule is CC[C@H](CC/C=C/C(=O)c1ccc(F)c(F)c1)n1onc1-c1ccc(F)cc1F. The first-order valence-electron chi connectivity index (χ1n) is 9.06. The summed E-state index contributed by atoms with van der Waals surface area (Å²) in [4.78, 5) is 12.0. The Labute approximate surface area is 164 Å². The molecule has 0 unspecified atom stereocenters. The molecule has 8 heteroatoms. The van der Waals surface area contributed by atoms with Crippen molar-refractivity contribution < 1.29 is 27.0 Å². The molecule has 0 amide bonds. The third kappa shape index (κ3) is 4.64. The third-order valence-electron chi connectivity index (χ3n) is 4.54. The van der Waals surface area contributed by atoms with E-state index < -0.39 is 29.1 Å². The molecule has 0 fully saturated rings. The van der Waals surface area contributed by atoms with Crippen LogP contribution >= 0.6 is 0 Å². The lowest BCUT2D eigenvalue weighted by atomic mass is 10.1.